The molecule has 0 saturated heterocycles. The fourth-order valence-electron chi connectivity index (χ4n) is 1.87. The number of hydrogen-bond donors (Lipinski definition) is 2. The minimum absolute atomic E-state index is 0.0531. The zero-order chi connectivity index (χ0) is 17.0. The number of carbonyl (C=O) groups is 2. The standard InChI is InChI=1S/C15H12N2O6/c1-23-13-7-4-10(8-12(13)17(21)22)14(18)16-11-5-2-9(3-6-11)15(19)20/h2-8H,1H3,(H,16,18)(H,19,20). The molecule has 0 atom stereocenters. The molecular weight excluding hydrogens is 304 g/mol. The molecule has 2 aromatic rings. The van der Waals surface area contributed by atoms with Crippen LogP contribution in [0.4, 0.5) is 11.4 Å². The second-order valence-electron chi connectivity index (χ2n) is 4.48. The van der Waals surface area contributed by atoms with E-state index >= 15 is 0 Å². The summed E-state index contributed by atoms with van der Waals surface area (Å²) < 4.78 is 4.87. The molecule has 1 amide bonds. The largest absolute Gasteiger partial charge is 0.490 e. The summed E-state index contributed by atoms with van der Waals surface area (Å²) in [7, 11) is 1.30. The molecule has 0 aromatic heterocycles. The normalized spacial score (nSPS) is 9.96. The molecule has 0 spiro atoms. The summed E-state index contributed by atoms with van der Waals surface area (Å²) >= 11 is 0. The number of benzene rings is 2. The molecule has 0 saturated carbocycles. The van der Waals surface area contributed by atoms with Gasteiger partial charge in [0.1, 0.15) is 0 Å². The van der Waals surface area contributed by atoms with Crippen LogP contribution in [0.5, 0.6) is 5.75 Å². The van der Waals surface area contributed by atoms with Crippen molar-refractivity contribution in [3.63, 3.8) is 0 Å². The summed E-state index contributed by atoms with van der Waals surface area (Å²) in [4.78, 5) is 33.2. The van der Waals surface area contributed by atoms with Gasteiger partial charge in [-0.2, -0.15) is 0 Å². The average Bonchev–Trinajstić information content (AvgIpc) is 2.54. The first-order chi connectivity index (χ1) is 10.9. The number of carbonyl (C=O) groups excluding carboxylic acids is 1. The molecule has 8 heteroatoms. The summed E-state index contributed by atoms with van der Waals surface area (Å²) in [5.74, 6) is -1.58. The van der Waals surface area contributed by atoms with E-state index in [1.54, 1.807) is 0 Å². The SMILES string of the molecule is COc1ccc(C(=O)Nc2ccc(C(=O)O)cc2)cc1[N+](=O)[O-]. The summed E-state index contributed by atoms with van der Waals surface area (Å²) in [6, 6.07) is 9.38. The maximum absolute atomic E-state index is 12.1. The molecule has 2 N–H and O–H groups in total. The minimum Gasteiger partial charge on any atom is -0.490 e. The van der Waals surface area contributed by atoms with Crippen molar-refractivity contribution in [2.45, 2.75) is 0 Å². The zero-order valence-electron chi connectivity index (χ0n) is 12.0. The molecule has 2 rings (SSSR count). The van der Waals surface area contributed by atoms with Crippen LogP contribution in [0, 0.1) is 10.1 Å². The highest BCUT2D eigenvalue weighted by atomic mass is 16.6. The van der Waals surface area contributed by atoms with Crippen molar-refractivity contribution in [2.75, 3.05) is 12.4 Å². The van der Waals surface area contributed by atoms with Crippen LogP contribution in [-0.4, -0.2) is 29.0 Å². The Hall–Kier alpha value is -3.42. The van der Waals surface area contributed by atoms with E-state index in [1.165, 1.54) is 43.5 Å². The number of carboxylic acid groups (broad SMARTS) is 1. The Bertz CT molecular complexity index is 770. The maximum atomic E-state index is 12.1. The monoisotopic (exact) mass is 316 g/mol. The molecule has 23 heavy (non-hydrogen) atoms. The smallest absolute Gasteiger partial charge is 0.335 e. The van der Waals surface area contributed by atoms with Gasteiger partial charge in [-0.15, -0.1) is 0 Å². The molecule has 0 unspecified atom stereocenters. The van der Waals surface area contributed by atoms with Gasteiger partial charge in [0.15, 0.2) is 5.75 Å². The number of nitro groups is 1. The van der Waals surface area contributed by atoms with Crippen LogP contribution in [0.2, 0.25) is 0 Å². The van der Waals surface area contributed by atoms with Gasteiger partial charge in [-0.1, -0.05) is 0 Å². The Morgan fingerprint density at radius 3 is 2.26 bits per heavy atom. The molecule has 0 fully saturated rings. The van der Waals surface area contributed by atoms with Crippen LogP contribution in [0.1, 0.15) is 20.7 Å². The van der Waals surface area contributed by atoms with Gasteiger partial charge in [0.05, 0.1) is 17.6 Å². The number of anilines is 1. The van der Waals surface area contributed by atoms with Crippen molar-refractivity contribution in [1.29, 1.82) is 0 Å². The molecule has 8 nitrogen and oxygen atoms in total. The Labute approximate surface area is 130 Å². The summed E-state index contributed by atoms with van der Waals surface area (Å²) in [5.41, 5.74) is 0.225. The van der Waals surface area contributed by atoms with Crippen LogP contribution >= 0.6 is 0 Å². The van der Waals surface area contributed by atoms with E-state index < -0.39 is 16.8 Å². The van der Waals surface area contributed by atoms with Crippen LogP contribution in [0.15, 0.2) is 42.5 Å². The van der Waals surface area contributed by atoms with Crippen molar-refractivity contribution in [3.05, 3.63) is 63.7 Å². The third-order valence-electron chi connectivity index (χ3n) is 3.03. The van der Waals surface area contributed by atoms with Crippen molar-refractivity contribution < 1.29 is 24.4 Å². The molecule has 2 aromatic carbocycles. The van der Waals surface area contributed by atoms with Crippen molar-refractivity contribution in [1.82, 2.24) is 0 Å². The third kappa shape index (κ3) is 3.62. The van der Waals surface area contributed by atoms with E-state index in [9.17, 15) is 19.7 Å². The second-order valence-corrected chi connectivity index (χ2v) is 4.48. The van der Waals surface area contributed by atoms with Gasteiger partial charge in [0, 0.05) is 17.3 Å². The number of methoxy groups -OCH3 is 1. The predicted molar refractivity (Wildman–Crippen MR) is 81.0 cm³/mol. The zero-order valence-corrected chi connectivity index (χ0v) is 12.0. The van der Waals surface area contributed by atoms with Crippen LogP contribution in [0.25, 0.3) is 0 Å². The number of nitrogens with zero attached hydrogens (tertiary/aromatic N) is 1. The van der Waals surface area contributed by atoms with Gasteiger partial charge in [0.25, 0.3) is 5.91 Å². The highest BCUT2D eigenvalue weighted by Crippen LogP contribution is 2.27. The van der Waals surface area contributed by atoms with Crippen molar-refractivity contribution in [3.8, 4) is 5.75 Å². The van der Waals surface area contributed by atoms with Crippen LogP contribution < -0.4 is 10.1 Å². The first-order valence-corrected chi connectivity index (χ1v) is 6.39. The molecule has 0 aliphatic rings. The van der Waals surface area contributed by atoms with Crippen LogP contribution in [0.3, 0.4) is 0 Å². The molecular formula is C15H12N2O6. The lowest BCUT2D eigenvalue weighted by Crippen LogP contribution is -2.12. The number of ether oxygens (including phenoxy) is 1. The average molecular weight is 316 g/mol. The van der Waals surface area contributed by atoms with Gasteiger partial charge in [0.2, 0.25) is 0 Å². The summed E-state index contributed by atoms with van der Waals surface area (Å²) in [5, 5.41) is 22.3. The summed E-state index contributed by atoms with van der Waals surface area (Å²) in [6.45, 7) is 0. The topological polar surface area (TPSA) is 119 Å². The predicted octanol–water partition coefficient (Wildman–Crippen LogP) is 2.55. The van der Waals surface area contributed by atoms with E-state index in [0.717, 1.165) is 6.07 Å². The van der Waals surface area contributed by atoms with Gasteiger partial charge >= 0.3 is 11.7 Å². The first-order valence-electron chi connectivity index (χ1n) is 6.39. The maximum Gasteiger partial charge on any atom is 0.335 e. The first kappa shape index (κ1) is 16.0. The van der Waals surface area contributed by atoms with Gasteiger partial charge in [-0.25, -0.2) is 4.79 Å². The van der Waals surface area contributed by atoms with E-state index in [2.05, 4.69) is 5.32 Å². The Kier molecular flexibility index (Phi) is 4.55. The van der Waals surface area contributed by atoms with Crippen molar-refractivity contribution in [2.24, 2.45) is 0 Å². The second kappa shape index (κ2) is 6.56. The molecule has 0 aliphatic carbocycles. The minimum atomic E-state index is -1.08. The number of aromatic carboxylic acids is 1. The van der Waals surface area contributed by atoms with Crippen molar-refractivity contribution >= 4 is 23.3 Å². The number of carboxylic acids is 1. The lowest BCUT2D eigenvalue weighted by Gasteiger charge is -2.07. The highest BCUT2D eigenvalue weighted by molar-refractivity contribution is 6.05. The van der Waals surface area contributed by atoms with Gasteiger partial charge < -0.3 is 15.2 Å². The molecule has 0 radical (unpaired) electrons. The molecule has 0 heterocycles. The number of hydrogen-bond acceptors (Lipinski definition) is 5. The highest BCUT2D eigenvalue weighted by Gasteiger charge is 2.18. The fraction of sp³-hybridized carbons (Fsp3) is 0.0667. The van der Waals surface area contributed by atoms with E-state index in [-0.39, 0.29) is 22.6 Å². The van der Waals surface area contributed by atoms with Crippen LogP contribution in [-0.2, 0) is 0 Å². The van der Waals surface area contributed by atoms with E-state index in [4.69, 9.17) is 9.84 Å². The van der Waals surface area contributed by atoms with E-state index in [1.807, 2.05) is 0 Å². The fourth-order valence-corrected chi connectivity index (χ4v) is 1.87. The van der Waals surface area contributed by atoms with E-state index in [0.29, 0.717) is 5.69 Å². The Morgan fingerprint density at radius 1 is 1.13 bits per heavy atom. The number of rotatable bonds is 5. The number of nitrogens with one attached hydrogen (secondary N) is 1. The lowest BCUT2D eigenvalue weighted by atomic mass is 10.1. The molecule has 0 bridgehead atoms. The third-order valence-corrected chi connectivity index (χ3v) is 3.03. The van der Waals surface area contributed by atoms with Gasteiger partial charge in [-0.05, 0) is 36.4 Å². The Morgan fingerprint density at radius 2 is 1.74 bits per heavy atom. The lowest BCUT2D eigenvalue weighted by molar-refractivity contribution is -0.385. The van der Waals surface area contributed by atoms with Gasteiger partial charge in [-0.3, -0.25) is 14.9 Å². The quantitative estimate of drug-likeness (QED) is 0.646. The molecule has 118 valence electrons. The number of amides is 1. The summed E-state index contributed by atoms with van der Waals surface area (Å²) in [6.07, 6.45) is 0. The Balaban J connectivity index is 2.22. The number of nitro benzene ring substituents is 1. The molecule has 0 aliphatic heterocycles.